The largest absolute Gasteiger partial charge is 0.369 e. The van der Waals surface area contributed by atoms with Gasteiger partial charge in [-0.15, -0.1) is 0 Å². The third kappa shape index (κ3) is 2.24. The molecule has 5 nitrogen and oxygen atoms in total. The van der Waals surface area contributed by atoms with Gasteiger partial charge in [0, 0.05) is 18.8 Å². The summed E-state index contributed by atoms with van der Waals surface area (Å²) in [4.78, 5) is 10.9. The van der Waals surface area contributed by atoms with Crippen LogP contribution >= 0.6 is 0 Å². The van der Waals surface area contributed by atoms with Crippen molar-refractivity contribution >= 4 is 17.1 Å². The first-order valence-electron chi connectivity index (χ1n) is 5.74. The molecule has 1 unspecified atom stereocenters. The van der Waals surface area contributed by atoms with Gasteiger partial charge in [-0.3, -0.25) is 4.57 Å². The molecule has 5 heteroatoms. The van der Waals surface area contributed by atoms with Crippen molar-refractivity contribution in [2.75, 3.05) is 26.4 Å². The maximum Gasteiger partial charge on any atom is 0.202 e. The second kappa shape index (κ2) is 4.33. The predicted molar refractivity (Wildman–Crippen MR) is 69.9 cm³/mol. The van der Waals surface area contributed by atoms with Crippen molar-refractivity contribution < 1.29 is 0 Å². The molecule has 2 N–H and O–H groups in total. The molecule has 0 saturated heterocycles. The molecule has 2 aromatic heterocycles. The lowest BCUT2D eigenvalue weighted by Gasteiger charge is -2.19. The highest BCUT2D eigenvalue weighted by atomic mass is 15.2. The molecule has 2 rings (SSSR count). The van der Waals surface area contributed by atoms with E-state index in [0.717, 1.165) is 23.3 Å². The summed E-state index contributed by atoms with van der Waals surface area (Å²) in [6, 6.07) is 2.27. The molecule has 2 aromatic rings. The number of rotatable bonds is 3. The maximum atomic E-state index is 5.97. The van der Waals surface area contributed by atoms with Gasteiger partial charge in [0.05, 0.1) is 0 Å². The second-order valence-electron chi connectivity index (χ2n) is 4.81. The van der Waals surface area contributed by atoms with Gasteiger partial charge >= 0.3 is 0 Å². The Hall–Kier alpha value is -1.62. The van der Waals surface area contributed by atoms with Crippen molar-refractivity contribution in [2.45, 2.75) is 19.9 Å². The van der Waals surface area contributed by atoms with Crippen molar-refractivity contribution in [3.05, 3.63) is 17.8 Å². The van der Waals surface area contributed by atoms with Gasteiger partial charge < -0.3 is 10.6 Å². The van der Waals surface area contributed by atoms with E-state index in [9.17, 15) is 0 Å². The third-order valence-electron chi connectivity index (χ3n) is 2.76. The van der Waals surface area contributed by atoms with Crippen LogP contribution in [0.3, 0.4) is 0 Å². The summed E-state index contributed by atoms with van der Waals surface area (Å²) in [6.07, 6.45) is 1.85. The average Bonchev–Trinajstić information content (AvgIpc) is 2.51. The number of aryl methyl sites for hydroxylation is 1. The van der Waals surface area contributed by atoms with Gasteiger partial charge in [0.2, 0.25) is 5.95 Å². The van der Waals surface area contributed by atoms with E-state index >= 15 is 0 Å². The van der Waals surface area contributed by atoms with Gasteiger partial charge in [-0.25, -0.2) is 9.97 Å². The zero-order chi connectivity index (χ0) is 12.6. The molecule has 0 fully saturated rings. The molecule has 0 aliphatic heterocycles. The topological polar surface area (TPSA) is 60.0 Å². The molecular formula is C12H19N5. The lowest BCUT2D eigenvalue weighted by atomic mass is 10.3. The summed E-state index contributed by atoms with van der Waals surface area (Å²) < 4.78 is 1.99. The zero-order valence-electron chi connectivity index (χ0n) is 10.8. The Morgan fingerprint density at radius 2 is 2.18 bits per heavy atom. The van der Waals surface area contributed by atoms with E-state index in [4.69, 9.17) is 5.73 Å². The molecule has 0 radical (unpaired) electrons. The number of fused-ring (bicyclic) bond motifs is 1. The summed E-state index contributed by atoms with van der Waals surface area (Å²) in [6.45, 7) is 5.04. The van der Waals surface area contributed by atoms with Gasteiger partial charge in [-0.2, -0.15) is 0 Å². The molecule has 0 spiro atoms. The van der Waals surface area contributed by atoms with Gasteiger partial charge in [0.15, 0.2) is 5.65 Å². The zero-order valence-corrected chi connectivity index (χ0v) is 10.8. The Morgan fingerprint density at radius 1 is 1.47 bits per heavy atom. The molecule has 0 saturated carbocycles. The Kier molecular flexibility index (Phi) is 3.02. The minimum Gasteiger partial charge on any atom is -0.369 e. The number of anilines is 1. The number of likely N-dealkylation sites (N-methyl/N-ethyl adjacent to an activating group) is 1. The fourth-order valence-electron chi connectivity index (χ4n) is 2.14. The molecular weight excluding hydrogens is 214 g/mol. The fourth-order valence-corrected chi connectivity index (χ4v) is 2.14. The minimum absolute atomic E-state index is 0.255. The van der Waals surface area contributed by atoms with E-state index < -0.39 is 0 Å². The number of aromatic nitrogens is 3. The SMILES string of the molecule is Cc1cnc2c(c1)nc(N)n2C(C)CN(C)C. The molecule has 0 amide bonds. The predicted octanol–water partition coefficient (Wildman–Crippen LogP) is 1.44. The number of imidazole rings is 1. The van der Waals surface area contributed by atoms with Crippen molar-refractivity contribution in [2.24, 2.45) is 0 Å². The van der Waals surface area contributed by atoms with E-state index in [2.05, 4.69) is 21.8 Å². The van der Waals surface area contributed by atoms with Gasteiger partial charge in [-0.1, -0.05) is 0 Å². The van der Waals surface area contributed by atoms with E-state index in [0.29, 0.717) is 5.95 Å². The van der Waals surface area contributed by atoms with Crippen LogP contribution in [0.2, 0.25) is 0 Å². The lowest BCUT2D eigenvalue weighted by molar-refractivity contribution is 0.342. The summed E-state index contributed by atoms with van der Waals surface area (Å²) in [5.74, 6) is 0.535. The monoisotopic (exact) mass is 233 g/mol. The van der Waals surface area contributed by atoms with Crippen LogP contribution in [-0.4, -0.2) is 40.1 Å². The number of hydrogen-bond donors (Lipinski definition) is 1. The smallest absolute Gasteiger partial charge is 0.202 e. The van der Waals surface area contributed by atoms with Gasteiger partial charge in [0.1, 0.15) is 5.52 Å². The van der Waals surface area contributed by atoms with Crippen LogP contribution in [0.1, 0.15) is 18.5 Å². The molecule has 92 valence electrons. The first-order chi connectivity index (χ1) is 7.99. The van der Waals surface area contributed by atoms with E-state index in [-0.39, 0.29) is 6.04 Å². The van der Waals surface area contributed by atoms with Crippen molar-refractivity contribution in [3.63, 3.8) is 0 Å². The van der Waals surface area contributed by atoms with Crippen LogP contribution in [0.4, 0.5) is 5.95 Å². The van der Waals surface area contributed by atoms with E-state index in [1.165, 1.54) is 0 Å². The summed E-state index contributed by atoms with van der Waals surface area (Å²) >= 11 is 0. The summed E-state index contributed by atoms with van der Waals surface area (Å²) in [5, 5.41) is 0. The molecule has 0 aromatic carbocycles. The Labute approximate surface area is 101 Å². The fraction of sp³-hybridized carbons (Fsp3) is 0.500. The number of nitrogens with two attached hydrogens (primary N) is 1. The molecule has 2 heterocycles. The summed E-state index contributed by atoms with van der Waals surface area (Å²) in [5.41, 5.74) is 8.80. The molecule has 0 bridgehead atoms. The van der Waals surface area contributed by atoms with Crippen LogP contribution in [0.25, 0.3) is 11.2 Å². The van der Waals surface area contributed by atoms with Gasteiger partial charge in [0.25, 0.3) is 0 Å². The average molecular weight is 233 g/mol. The van der Waals surface area contributed by atoms with Crippen LogP contribution in [0, 0.1) is 6.92 Å². The second-order valence-corrected chi connectivity index (χ2v) is 4.81. The summed E-state index contributed by atoms with van der Waals surface area (Å²) in [7, 11) is 4.09. The Balaban J connectivity index is 2.49. The molecule has 0 aliphatic carbocycles. The standard InChI is InChI=1S/C12H19N5/c1-8-5-10-11(14-6-8)17(12(13)15-10)9(2)7-16(3)4/h5-6,9H,7H2,1-4H3,(H2,13,15). The number of hydrogen-bond acceptors (Lipinski definition) is 4. The van der Waals surface area contributed by atoms with Crippen LogP contribution < -0.4 is 5.73 Å². The van der Waals surface area contributed by atoms with E-state index in [1.54, 1.807) is 0 Å². The van der Waals surface area contributed by atoms with E-state index in [1.807, 2.05) is 37.8 Å². The molecule has 0 aliphatic rings. The minimum atomic E-state index is 0.255. The highest BCUT2D eigenvalue weighted by Crippen LogP contribution is 2.21. The highest BCUT2D eigenvalue weighted by Gasteiger charge is 2.15. The van der Waals surface area contributed by atoms with Gasteiger partial charge in [-0.05, 0) is 39.6 Å². The van der Waals surface area contributed by atoms with Crippen LogP contribution in [0.5, 0.6) is 0 Å². The quantitative estimate of drug-likeness (QED) is 0.871. The normalized spacial score (nSPS) is 13.5. The number of nitrogens with zero attached hydrogens (tertiary/aromatic N) is 4. The van der Waals surface area contributed by atoms with Crippen molar-refractivity contribution in [3.8, 4) is 0 Å². The first-order valence-corrected chi connectivity index (χ1v) is 5.74. The molecule has 17 heavy (non-hydrogen) atoms. The molecule has 1 atom stereocenters. The maximum absolute atomic E-state index is 5.97. The van der Waals surface area contributed by atoms with Crippen LogP contribution in [0.15, 0.2) is 12.3 Å². The Morgan fingerprint density at radius 3 is 2.82 bits per heavy atom. The first kappa shape index (κ1) is 11.9. The van der Waals surface area contributed by atoms with Crippen molar-refractivity contribution in [1.82, 2.24) is 19.4 Å². The Bertz CT molecular complexity index is 529. The highest BCUT2D eigenvalue weighted by molar-refractivity contribution is 5.74. The number of nitrogen functional groups attached to an aromatic ring is 1. The van der Waals surface area contributed by atoms with Crippen LogP contribution in [-0.2, 0) is 0 Å². The third-order valence-corrected chi connectivity index (χ3v) is 2.76. The van der Waals surface area contributed by atoms with Crippen molar-refractivity contribution in [1.29, 1.82) is 0 Å². The lowest BCUT2D eigenvalue weighted by Crippen LogP contribution is -2.23. The number of pyridine rings is 1.